The Morgan fingerprint density at radius 3 is 2.80 bits per heavy atom. The number of rotatable bonds is 9. The Kier molecular flexibility index (Phi) is 7.41. The molecule has 2 aliphatic rings. The minimum absolute atomic E-state index is 0.0117. The van der Waals surface area contributed by atoms with Gasteiger partial charge in [0.25, 0.3) is 0 Å². The number of anilines is 1. The number of fused-ring (bicyclic) bond motifs is 1. The number of thioether (sulfide) groups is 1. The molecule has 2 heterocycles. The molecule has 0 spiro atoms. The smallest absolute Gasteiger partial charge is 0.303 e. The molecule has 1 aromatic rings. The van der Waals surface area contributed by atoms with E-state index in [4.69, 9.17) is 9.84 Å². The summed E-state index contributed by atoms with van der Waals surface area (Å²) in [5.41, 5.74) is 0.734. The Bertz CT molecular complexity index is 931. The molecule has 2 saturated heterocycles. The van der Waals surface area contributed by atoms with Gasteiger partial charge in [0.2, 0.25) is 5.91 Å². The number of carbonyl (C=O) groups excluding carboxylic acids is 1. The number of benzene rings is 1. The zero-order valence-corrected chi connectivity index (χ0v) is 18.5. The third kappa shape index (κ3) is 5.75. The second-order valence-electron chi connectivity index (χ2n) is 7.41. The summed E-state index contributed by atoms with van der Waals surface area (Å²) in [7, 11) is -3.15. The van der Waals surface area contributed by atoms with E-state index >= 15 is 0 Å². The average molecular weight is 455 g/mol. The number of carboxylic acids is 1. The fourth-order valence-electron chi connectivity index (χ4n) is 3.48. The summed E-state index contributed by atoms with van der Waals surface area (Å²) in [6.07, 6.45) is 2.12. The number of hydrogen-bond acceptors (Lipinski definition) is 6. The molecule has 10 heteroatoms. The third-order valence-electron chi connectivity index (χ3n) is 4.93. The normalized spacial score (nSPS) is 23.5. The van der Waals surface area contributed by atoms with Crippen molar-refractivity contribution in [3.63, 3.8) is 0 Å². The van der Waals surface area contributed by atoms with Crippen LogP contribution in [0.2, 0.25) is 0 Å². The first-order chi connectivity index (χ1) is 14.3. The largest absolute Gasteiger partial charge is 0.494 e. The third-order valence-corrected chi connectivity index (χ3v) is 8.14. The molecule has 0 radical (unpaired) electrons. The summed E-state index contributed by atoms with van der Waals surface area (Å²) >= 11 is 1.30. The standard InChI is InChI=1S/C20H26N2O6S2/c1-2-3-10-28-15-7-4-6-14(11-15)22-16-12-30(26,27)13-17(16)29-20(22)21-18(23)8-5-9-19(24)25/h4,6-7,11,16-17H,2-3,5,8-10,12-13H2,1H3,(H,24,25)/t16-,17+/m1/s1. The van der Waals surface area contributed by atoms with Crippen molar-refractivity contribution in [3.05, 3.63) is 24.3 Å². The summed E-state index contributed by atoms with van der Waals surface area (Å²) in [6, 6.07) is 7.08. The van der Waals surface area contributed by atoms with Gasteiger partial charge in [-0.05, 0) is 25.0 Å². The molecular weight excluding hydrogens is 428 g/mol. The summed E-state index contributed by atoms with van der Waals surface area (Å²) < 4.78 is 30.1. The van der Waals surface area contributed by atoms with Crippen molar-refractivity contribution < 1.29 is 27.9 Å². The van der Waals surface area contributed by atoms with Gasteiger partial charge >= 0.3 is 5.97 Å². The van der Waals surface area contributed by atoms with Crippen molar-refractivity contribution in [1.82, 2.24) is 0 Å². The summed E-state index contributed by atoms with van der Waals surface area (Å²) in [5.74, 6) is -0.605. The van der Waals surface area contributed by atoms with Crippen LogP contribution in [0.25, 0.3) is 0 Å². The van der Waals surface area contributed by atoms with E-state index in [0.717, 1.165) is 18.5 Å². The Morgan fingerprint density at radius 1 is 1.27 bits per heavy atom. The number of unbranched alkanes of at least 4 members (excludes halogenated alkanes) is 1. The average Bonchev–Trinajstić information content (AvgIpc) is 3.12. The quantitative estimate of drug-likeness (QED) is 0.567. The van der Waals surface area contributed by atoms with E-state index in [-0.39, 0.29) is 42.1 Å². The Morgan fingerprint density at radius 2 is 2.07 bits per heavy atom. The summed E-state index contributed by atoms with van der Waals surface area (Å²) in [4.78, 5) is 29.0. The number of carbonyl (C=O) groups is 2. The highest BCUT2D eigenvalue weighted by Gasteiger charge is 2.49. The topological polar surface area (TPSA) is 113 Å². The van der Waals surface area contributed by atoms with Gasteiger partial charge in [-0.2, -0.15) is 4.99 Å². The van der Waals surface area contributed by atoms with Gasteiger partial charge in [-0.1, -0.05) is 31.2 Å². The van der Waals surface area contributed by atoms with E-state index in [1.807, 2.05) is 29.2 Å². The van der Waals surface area contributed by atoms with Crippen LogP contribution in [0.15, 0.2) is 29.3 Å². The van der Waals surface area contributed by atoms with Crippen molar-refractivity contribution in [1.29, 1.82) is 0 Å². The van der Waals surface area contributed by atoms with Gasteiger partial charge < -0.3 is 14.7 Å². The van der Waals surface area contributed by atoms with Crippen LogP contribution >= 0.6 is 11.8 Å². The molecule has 0 bridgehead atoms. The molecule has 2 fully saturated rings. The van der Waals surface area contributed by atoms with Gasteiger partial charge in [0.05, 0.1) is 24.2 Å². The minimum Gasteiger partial charge on any atom is -0.494 e. The zero-order chi connectivity index (χ0) is 21.7. The summed E-state index contributed by atoms with van der Waals surface area (Å²) in [5, 5.41) is 9.01. The molecule has 2 aliphatic heterocycles. The number of sulfone groups is 1. The first kappa shape index (κ1) is 22.6. The molecule has 0 unspecified atom stereocenters. The van der Waals surface area contributed by atoms with Crippen LogP contribution in [0.3, 0.4) is 0 Å². The van der Waals surface area contributed by atoms with Crippen LogP contribution < -0.4 is 9.64 Å². The number of aliphatic imine (C=N–C) groups is 1. The molecule has 30 heavy (non-hydrogen) atoms. The fourth-order valence-corrected chi connectivity index (χ4v) is 7.41. The van der Waals surface area contributed by atoms with Gasteiger partial charge in [0.15, 0.2) is 15.0 Å². The van der Waals surface area contributed by atoms with Gasteiger partial charge in [0, 0.05) is 29.8 Å². The lowest BCUT2D eigenvalue weighted by molar-refractivity contribution is -0.137. The van der Waals surface area contributed by atoms with E-state index in [2.05, 4.69) is 11.9 Å². The molecule has 164 valence electrons. The maximum absolute atomic E-state index is 12.3. The van der Waals surface area contributed by atoms with Crippen molar-refractivity contribution in [2.75, 3.05) is 23.0 Å². The number of aliphatic carboxylic acids is 1. The van der Waals surface area contributed by atoms with E-state index in [9.17, 15) is 18.0 Å². The second kappa shape index (κ2) is 9.82. The fraction of sp³-hybridized carbons (Fsp3) is 0.550. The molecule has 1 aromatic carbocycles. The molecule has 1 amide bonds. The highest BCUT2D eigenvalue weighted by atomic mass is 32.2. The second-order valence-corrected chi connectivity index (χ2v) is 10.8. The predicted octanol–water partition coefficient (Wildman–Crippen LogP) is 2.72. The minimum atomic E-state index is -3.15. The van der Waals surface area contributed by atoms with Crippen LogP contribution in [0.4, 0.5) is 5.69 Å². The Balaban J connectivity index is 1.83. The van der Waals surface area contributed by atoms with Gasteiger partial charge in [-0.15, -0.1) is 0 Å². The molecule has 3 rings (SSSR count). The van der Waals surface area contributed by atoms with Crippen LogP contribution in [0.5, 0.6) is 5.75 Å². The van der Waals surface area contributed by atoms with Gasteiger partial charge in [-0.25, -0.2) is 8.42 Å². The van der Waals surface area contributed by atoms with E-state index < -0.39 is 21.7 Å². The Labute approximate surface area is 180 Å². The first-order valence-electron chi connectivity index (χ1n) is 10.0. The van der Waals surface area contributed by atoms with Crippen LogP contribution in [-0.2, 0) is 19.4 Å². The number of ether oxygens (including phenoxy) is 1. The molecule has 1 N–H and O–H groups in total. The monoisotopic (exact) mass is 454 g/mol. The molecular formula is C20H26N2O6S2. The Hall–Kier alpha value is -2.07. The lowest BCUT2D eigenvalue weighted by atomic mass is 10.2. The van der Waals surface area contributed by atoms with Gasteiger partial charge in [-0.3, -0.25) is 9.59 Å². The summed E-state index contributed by atoms with van der Waals surface area (Å²) in [6.45, 7) is 2.68. The van der Waals surface area contributed by atoms with Crippen LogP contribution in [0, 0.1) is 0 Å². The zero-order valence-electron chi connectivity index (χ0n) is 16.8. The number of amides is 1. The van der Waals surface area contributed by atoms with Crippen LogP contribution in [0.1, 0.15) is 39.0 Å². The number of amidine groups is 1. The molecule has 8 nitrogen and oxygen atoms in total. The first-order valence-corrected chi connectivity index (χ1v) is 12.7. The SMILES string of the molecule is CCCCOc1cccc(N2C(=NC(=O)CCCC(=O)O)S[C@H]3CS(=O)(=O)C[C@H]32)c1. The number of carboxylic acid groups (broad SMARTS) is 1. The lowest BCUT2D eigenvalue weighted by Crippen LogP contribution is -2.37. The molecule has 0 aromatic heterocycles. The maximum Gasteiger partial charge on any atom is 0.303 e. The highest BCUT2D eigenvalue weighted by molar-refractivity contribution is 8.16. The van der Waals surface area contributed by atoms with Crippen molar-refractivity contribution >= 4 is 44.3 Å². The van der Waals surface area contributed by atoms with Crippen LogP contribution in [-0.4, -0.2) is 60.0 Å². The highest BCUT2D eigenvalue weighted by Crippen LogP contribution is 2.41. The number of nitrogens with zero attached hydrogens (tertiary/aromatic N) is 2. The van der Waals surface area contributed by atoms with Crippen molar-refractivity contribution in [2.45, 2.75) is 50.3 Å². The lowest BCUT2D eigenvalue weighted by Gasteiger charge is -2.25. The number of hydrogen-bond donors (Lipinski definition) is 1. The molecule has 2 atom stereocenters. The van der Waals surface area contributed by atoms with E-state index in [1.165, 1.54) is 11.8 Å². The predicted molar refractivity (Wildman–Crippen MR) is 117 cm³/mol. The molecule has 0 saturated carbocycles. The van der Waals surface area contributed by atoms with Crippen molar-refractivity contribution in [3.8, 4) is 5.75 Å². The van der Waals surface area contributed by atoms with E-state index in [0.29, 0.717) is 17.5 Å². The molecule has 0 aliphatic carbocycles. The van der Waals surface area contributed by atoms with Crippen molar-refractivity contribution in [2.24, 2.45) is 4.99 Å². The maximum atomic E-state index is 12.3. The van der Waals surface area contributed by atoms with E-state index in [1.54, 1.807) is 0 Å². The van der Waals surface area contributed by atoms with Gasteiger partial charge in [0.1, 0.15) is 5.75 Å².